The van der Waals surface area contributed by atoms with Crippen LogP contribution in [0.3, 0.4) is 0 Å². The maximum atomic E-state index is 13.2. The van der Waals surface area contributed by atoms with E-state index in [1.807, 2.05) is 39.0 Å². The van der Waals surface area contributed by atoms with Gasteiger partial charge in [-0.05, 0) is 55.2 Å². The summed E-state index contributed by atoms with van der Waals surface area (Å²) < 4.78 is 19.0. The minimum atomic E-state index is -1.16. The summed E-state index contributed by atoms with van der Waals surface area (Å²) in [6.07, 6.45) is 0.373. The van der Waals surface area contributed by atoms with E-state index in [-0.39, 0.29) is 24.9 Å². The molecule has 6 heteroatoms. The van der Waals surface area contributed by atoms with E-state index in [0.29, 0.717) is 12.0 Å². The average Bonchev–Trinajstić information content (AvgIpc) is 2.90. The van der Waals surface area contributed by atoms with Gasteiger partial charge in [-0.25, -0.2) is 9.18 Å². The van der Waals surface area contributed by atoms with Crippen molar-refractivity contribution in [3.8, 4) is 5.75 Å². The Bertz CT molecular complexity index is 866. The second kappa shape index (κ2) is 7.39. The van der Waals surface area contributed by atoms with Gasteiger partial charge in [0.05, 0.1) is 6.54 Å². The number of ether oxygens (including phenoxy) is 1. The van der Waals surface area contributed by atoms with Crippen molar-refractivity contribution in [3.05, 3.63) is 65.0 Å². The van der Waals surface area contributed by atoms with E-state index >= 15 is 0 Å². The monoisotopic (exact) mass is 370 g/mol. The first-order valence-corrected chi connectivity index (χ1v) is 8.97. The smallest absolute Gasteiger partial charge is 0.325 e. The lowest BCUT2D eigenvalue weighted by Gasteiger charge is -2.25. The predicted molar refractivity (Wildman–Crippen MR) is 100 cm³/mol. The molecule has 1 heterocycles. The van der Waals surface area contributed by atoms with Gasteiger partial charge in [0.25, 0.3) is 5.91 Å². The van der Waals surface area contributed by atoms with E-state index in [2.05, 4.69) is 5.32 Å². The SMILES string of the molecule is CCC1(c2ccc(F)cc2)NC(=O)N(CCOc2cc(C)ccc2C)C1=O. The first-order valence-electron chi connectivity index (χ1n) is 8.97. The van der Waals surface area contributed by atoms with Crippen molar-refractivity contribution in [2.75, 3.05) is 13.2 Å². The summed E-state index contributed by atoms with van der Waals surface area (Å²) in [4.78, 5) is 26.6. The number of carbonyl (C=O) groups excluding carboxylic acids is 2. The fourth-order valence-electron chi connectivity index (χ4n) is 3.31. The number of hydrogen-bond acceptors (Lipinski definition) is 3. The van der Waals surface area contributed by atoms with E-state index in [9.17, 15) is 14.0 Å². The largest absolute Gasteiger partial charge is 0.491 e. The number of halogens is 1. The first-order chi connectivity index (χ1) is 12.9. The molecule has 0 bridgehead atoms. The summed E-state index contributed by atoms with van der Waals surface area (Å²) in [5.74, 6) is 0.00840. The zero-order chi connectivity index (χ0) is 19.6. The highest BCUT2D eigenvalue weighted by atomic mass is 19.1. The van der Waals surface area contributed by atoms with Crippen molar-refractivity contribution in [2.45, 2.75) is 32.7 Å². The number of nitrogens with one attached hydrogen (secondary N) is 1. The van der Waals surface area contributed by atoms with E-state index in [1.165, 1.54) is 24.3 Å². The molecule has 1 atom stereocenters. The number of amides is 3. The van der Waals surface area contributed by atoms with Gasteiger partial charge in [-0.15, -0.1) is 0 Å². The van der Waals surface area contributed by atoms with Crippen molar-refractivity contribution in [1.29, 1.82) is 0 Å². The molecule has 2 aromatic carbocycles. The third-order valence-corrected chi connectivity index (χ3v) is 4.96. The van der Waals surface area contributed by atoms with Crippen molar-refractivity contribution in [3.63, 3.8) is 0 Å². The molecule has 0 spiro atoms. The van der Waals surface area contributed by atoms with Crippen molar-refractivity contribution >= 4 is 11.9 Å². The molecule has 3 rings (SSSR count). The number of urea groups is 1. The molecule has 1 unspecified atom stereocenters. The van der Waals surface area contributed by atoms with Gasteiger partial charge < -0.3 is 10.1 Å². The van der Waals surface area contributed by atoms with Crippen LogP contribution in [-0.2, 0) is 10.3 Å². The van der Waals surface area contributed by atoms with Gasteiger partial charge in [0.1, 0.15) is 23.7 Å². The number of benzene rings is 2. The minimum absolute atomic E-state index is 0.140. The quantitative estimate of drug-likeness (QED) is 0.789. The van der Waals surface area contributed by atoms with Crippen LogP contribution in [-0.4, -0.2) is 30.0 Å². The third kappa shape index (κ3) is 3.52. The molecule has 1 saturated heterocycles. The van der Waals surface area contributed by atoms with Crippen molar-refractivity contribution < 1.29 is 18.7 Å². The number of carbonyl (C=O) groups is 2. The lowest BCUT2D eigenvalue weighted by Crippen LogP contribution is -2.43. The Labute approximate surface area is 158 Å². The van der Waals surface area contributed by atoms with Crippen LogP contribution in [0.1, 0.15) is 30.0 Å². The molecule has 0 radical (unpaired) electrons. The van der Waals surface area contributed by atoms with Crippen LogP contribution in [0.2, 0.25) is 0 Å². The molecule has 0 saturated carbocycles. The molecule has 1 N–H and O–H groups in total. The van der Waals surface area contributed by atoms with E-state index in [0.717, 1.165) is 21.8 Å². The second-order valence-corrected chi connectivity index (χ2v) is 6.77. The molecule has 2 aromatic rings. The maximum absolute atomic E-state index is 13.2. The Morgan fingerprint density at radius 2 is 1.81 bits per heavy atom. The van der Waals surface area contributed by atoms with Crippen LogP contribution in [0.5, 0.6) is 5.75 Å². The summed E-state index contributed by atoms with van der Waals surface area (Å²) in [7, 11) is 0. The summed E-state index contributed by atoms with van der Waals surface area (Å²) in [5.41, 5.74) is 1.48. The third-order valence-electron chi connectivity index (χ3n) is 4.96. The number of imide groups is 1. The number of nitrogens with zero attached hydrogens (tertiary/aromatic N) is 1. The van der Waals surface area contributed by atoms with Crippen molar-refractivity contribution in [2.24, 2.45) is 0 Å². The lowest BCUT2D eigenvalue weighted by molar-refractivity contribution is -0.132. The molecule has 1 aliphatic heterocycles. The molecule has 27 heavy (non-hydrogen) atoms. The van der Waals surface area contributed by atoms with Crippen LogP contribution in [0.25, 0.3) is 0 Å². The van der Waals surface area contributed by atoms with Gasteiger partial charge in [0.15, 0.2) is 0 Å². The highest BCUT2D eigenvalue weighted by Crippen LogP contribution is 2.32. The fraction of sp³-hybridized carbons (Fsp3) is 0.333. The number of aryl methyl sites for hydroxylation is 2. The number of hydrogen-bond donors (Lipinski definition) is 1. The van der Waals surface area contributed by atoms with Crippen LogP contribution in [0.15, 0.2) is 42.5 Å². The van der Waals surface area contributed by atoms with Gasteiger partial charge >= 0.3 is 6.03 Å². The highest BCUT2D eigenvalue weighted by Gasteiger charge is 2.51. The average molecular weight is 370 g/mol. The zero-order valence-electron chi connectivity index (χ0n) is 15.7. The summed E-state index contributed by atoms with van der Waals surface area (Å²) >= 11 is 0. The van der Waals surface area contributed by atoms with Crippen LogP contribution < -0.4 is 10.1 Å². The normalized spacial score (nSPS) is 19.3. The highest BCUT2D eigenvalue weighted by molar-refractivity contribution is 6.07. The molecule has 1 fully saturated rings. The Hall–Kier alpha value is -2.89. The van der Waals surface area contributed by atoms with E-state index in [4.69, 9.17) is 4.74 Å². The van der Waals surface area contributed by atoms with Crippen molar-refractivity contribution in [1.82, 2.24) is 10.2 Å². The Balaban J connectivity index is 1.73. The van der Waals surface area contributed by atoms with Gasteiger partial charge in [-0.1, -0.05) is 31.2 Å². The molecule has 1 aliphatic rings. The molecule has 3 amide bonds. The Kier molecular flexibility index (Phi) is 5.17. The van der Waals surface area contributed by atoms with E-state index < -0.39 is 11.6 Å². The minimum Gasteiger partial charge on any atom is -0.491 e. The van der Waals surface area contributed by atoms with E-state index in [1.54, 1.807) is 0 Å². The first kappa shape index (κ1) is 18.9. The Morgan fingerprint density at radius 1 is 1.11 bits per heavy atom. The topological polar surface area (TPSA) is 58.6 Å². The molecule has 5 nitrogen and oxygen atoms in total. The fourth-order valence-corrected chi connectivity index (χ4v) is 3.31. The van der Waals surface area contributed by atoms with Crippen LogP contribution in [0, 0.1) is 19.7 Å². The molecule has 0 aliphatic carbocycles. The molecule has 0 aromatic heterocycles. The number of rotatable bonds is 6. The molecule has 142 valence electrons. The van der Waals surface area contributed by atoms with Crippen LogP contribution >= 0.6 is 0 Å². The standard InChI is InChI=1S/C21H23FN2O3/c1-4-21(16-7-9-17(22)10-8-16)19(25)24(20(26)23-21)11-12-27-18-13-14(2)5-6-15(18)3/h5-10,13H,4,11-12H2,1-3H3,(H,23,26). The van der Waals surface area contributed by atoms with Gasteiger partial charge in [-0.2, -0.15) is 0 Å². The second-order valence-electron chi connectivity index (χ2n) is 6.77. The summed E-state index contributed by atoms with van der Waals surface area (Å²) in [5, 5.41) is 2.78. The lowest BCUT2D eigenvalue weighted by atomic mass is 9.87. The predicted octanol–water partition coefficient (Wildman–Crippen LogP) is 3.68. The van der Waals surface area contributed by atoms with Gasteiger partial charge in [0.2, 0.25) is 0 Å². The maximum Gasteiger partial charge on any atom is 0.325 e. The van der Waals surface area contributed by atoms with Gasteiger partial charge in [-0.3, -0.25) is 9.69 Å². The van der Waals surface area contributed by atoms with Crippen LogP contribution in [0.4, 0.5) is 9.18 Å². The zero-order valence-corrected chi connectivity index (χ0v) is 15.7. The Morgan fingerprint density at radius 3 is 2.48 bits per heavy atom. The molecular weight excluding hydrogens is 347 g/mol. The molecular formula is C21H23FN2O3. The van der Waals surface area contributed by atoms with Gasteiger partial charge in [0, 0.05) is 0 Å². The summed E-state index contributed by atoms with van der Waals surface area (Å²) in [6, 6.07) is 11.1. The summed E-state index contributed by atoms with van der Waals surface area (Å²) in [6.45, 7) is 6.08.